The van der Waals surface area contributed by atoms with Crippen molar-refractivity contribution in [3.63, 3.8) is 0 Å². The maximum atomic E-state index is 10.7. The lowest BCUT2D eigenvalue weighted by molar-refractivity contribution is -0.638. The molecular formula is C7H5N11O7. The predicted molar refractivity (Wildman–Crippen MR) is 69.7 cm³/mol. The molecule has 25 heavy (non-hydrogen) atoms. The van der Waals surface area contributed by atoms with E-state index in [4.69, 9.17) is 5.84 Å². The van der Waals surface area contributed by atoms with E-state index in [0.717, 1.165) is 0 Å². The van der Waals surface area contributed by atoms with E-state index in [1.807, 2.05) is 0 Å². The third-order valence-electron chi connectivity index (χ3n) is 2.39. The van der Waals surface area contributed by atoms with Crippen molar-refractivity contribution < 1.29 is 24.1 Å². The zero-order chi connectivity index (χ0) is 18.6. The summed E-state index contributed by atoms with van der Waals surface area (Å²) in [6.07, 6.45) is 3.01. The Hall–Kier alpha value is -4.51. The maximum absolute atomic E-state index is 10.7. The van der Waals surface area contributed by atoms with Gasteiger partial charge in [0, 0.05) is 5.10 Å². The number of rotatable bonds is 4. The number of aromatic amines is 1. The minimum absolute atomic E-state index is 0.784. The number of nitrogens with one attached hydrogen (secondary N) is 1. The predicted octanol–water partition coefficient (Wildman–Crippen LogP) is -1.78. The summed E-state index contributed by atoms with van der Waals surface area (Å²) >= 11 is 0. The number of nitrogens with zero attached hydrogens (tertiary/aromatic N) is 9. The molecular weight excluding hydrogens is 350 g/mol. The summed E-state index contributed by atoms with van der Waals surface area (Å²) in [5.41, 5.74) is -1.61. The third-order valence-corrected chi connectivity index (χ3v) is 2.39. The zero-order valence-corrected chi connectivity index (χ0v) is 11.6. The SMILES string of the molecule is N[n+]1cn[nH]c1.O=[N+]([O-])c1nonc1-c1c([N+](=O)[O-])n[n-]c1[N+](=O)[O-]. The van der Waals surface area contributed by atoms with Gasteiger partial charge in [0.05, 0.1) is 5.10 Å². The Morgan fingerprint density at radius 2 is 1.80 bits per heavy atom. The van der Waals surface area contributed by atoms with E-state index < -0.39 is 43.5 Å². The second-order valence-electron chi connectivity index (χ2n) is 3.88. The summed E-state index contributed by atoms with van der Waals surface area (Å²) < 4.78 is 5.39. The van der Waals surface area contributed by atoms with E-state index in [1.165, 1.54) is 11.0 Å². The quantitative estimate of drug-likeness (QED) is 0.227. The Labute approximate surface area is 133 Å². The summed E-state index contributed by atoms with van der Waals surface area (Å²) in [5.74, 6) is 1.99. The van der Waals surface area contributed by atoms with Crippen molar-refractivity contribution in [1.29, 1.82) is 0 Å². The van der Waals surface area contributed by atoms with Crippen LogP contribution in [0.4, 0.5) is 17.5 Å². The normalized spacial score (nSPS) is 9.92. The molecule has 0 amide bonds. The molecule has 18 heteroatoms. The average Bonchev–Trinajstić information content (AvgIpc) is 3.26. The lowest BCUT2D eigenvalue weighted by Gasteiger charge is -2.00. The molecule has 0 fully saturated rings. The molecule has 3 heterocycles. The smallest absolute Gasteiger partial charge is 0.443 e. The molecule has 3 aromatic heterocycles. The molecule has 0 aromatic carbocycles. The standard InChI is InChI=1S/C5N7O7.C2H4N4/c13-10(14)3-1(4(7-6-3)11(15)16)2-5(12(17)18)9-19-8-2;3-6-1-4-5-2-6/h;1-2H,3H2/q-1;/p+1. The van der Waals surface area contributed by atoms with Crippen LogP contribution in [-0.2, 0) is 0 Å². The van der Waals surface area contributed by atoms with Crippen LogP contribution in [-0.4, -0.2) is 40.4 Å². The van der Waals surface area contributed by atoms with Crippen LogP contribution in [0.3, 0.4) is 0 Å². The molecule has 3 N–H and O–H groups in total. The number of hydrogen-bond donors (Lipinski definition) is 2. The summed E-state index contributed by atoms with van der Waals surface area (Å²) in [5, 5.41) is 49.9. The molecule has 3 aromatic rings. The van der Waals surface area contributed by atoms with Gasteiger partial charge in [-0.1, -0.05) is 0 Å². The minimum Gasteiger partial charge on any atom is -0.459 e. The Balaban J connectivity index is 0.000000316. The molecule has 0 aliphatic heterocycles. The third kappa shape index (κ3) is 3.46. The summed E-state index contributed by atoms with van der Waals surface area (Å²) in [7, 11) is 0. The van der Waals surface area contributed by atoms with Crippen molar-refractivity contribution in [2.45, 2.75) is 0 Å². The van der Waals surface area contributed by atoms with Gasteiger partial charge in [-0.2, -0.15) is 4.92 Å². The van der Waals surface area contributed by atoms with Gasteiger partial charge in [0.15, 0.2) is 10.7 Å². The molecule has 0 saturated heterocycles. The number of H-pyrrole nitrogens is 1. The molecule has 0 bridgehead atoms. The lowest BCUT2D eigenvalue weighted by atomic mass is 10.2. The minimum atomic E-state index is -1.09. The van der Waals surface area contributed by atoms with Crippen LogP contribution in [0.15, 0.2) is 17.3 Å². The van der Waals surface area contributed by atoms with Gasteiger partial charge < -0.3 is 30.3 Å². The summed E-state index contributed by atoms with van der Waals surface area (Å²) in [6, 6.07) is 0. The van der Waals surface area contributed by atoms with Crippen molar-refractivity contribution in [2.75, 3.05) is 5.84 Å². The first-order valence-corrected chi connectivity index (χ1v) is 5.77. The van der Waals surface area contributed by atoms with Crippen molar-refractivity contribution in [3.8, 4) is 11.3 Å². The molecule has 3 rings (SSSR count). The zero-order valence-electron chi connectivity index (χ0n) is 11.6. The van der Waals surface area contributed by atoms with Gasteiger partial charge in [0.1, 0.15) is 0 Å². The molecule has 0 saturated carbocycles. The van der Waals surface area contributed by atoms with Crippen LogP contribution in [0.2, 0.25) is 0 Å². The Kier molecular flexibility index (Phi) is 4.53. The van der Waals surface area contributed by atoms with Crippen molar-refractivity contribution >= 4 is 17.5 Å². The molecule has 0 atom stereocenters. The topological polar surface area (TPSA) is 254 Å². The number of nitrogen functional groups attached to an aromatic ring is 1. The van der Waals surface area contributed by atoms with Crippen molar-refractivity contribution in [3.05, 3.63) is 43.0 Å². The maximum Gasteiger partial charge on any atom is 0.443 e. The fourth-order valence-corrected chi connectivity index (χ4v) is 1.46. The highest BCUT2D eigenvalue weighted by molar-refractivity contribution is 5.80. The molecule has 0 spiro atoms. The molecule has 0 aliphatic carbocycles. The largest absolute Gasteiger partial charge is 0.459 e. The molecule has 0 aliphatic rings. The first kappa shape index (κ1) is 16.9. The van der Waals surface area contributed by atoms with Crippen molar-refractivity contribution in [2.24, 2.45) is 0 Å². The number of nitro groups is 3. The Morgan fingerprint density at radius 1 is 1.12 bits per heavy atom. The Morgan fingerprint density at radius 3 is 2.24 bits per heavy atom. The van der Waals surface area contributed by atoms with E-state index in [-0.39, 0.29) is 0 Å². The van der Waals surface area contributed by atoms with Crippen LogP contribution in [0.1, 0.15) is 0 Å². The van der Waals surface area contributed by atoms with Crippen molar-refractivity contribution in [1.82, 2.24) is 30.7 Å². The first-order chi connectivity index (χ1) is 11.8. The molecule has 0 unspecified atom stereocenters. The molecule has 0 radical (unpaired) electrons. The second-order valence-corrected chi connectivity index (χ2v) is 3.88. The summed E-state index contributed by atoms with van der Waals surface area (Å²) in [4.78, 5) is 28.7. The van der Waals surface area contributed by atoms with E-state index in [0.29, 0.717) is 0 Å². The second kappa shape index (κ2) is 6.72. The fourth-order valence-electron chi connectivity index (χ4n) is 1.46. The number of hydrogen-bond acceptors (Lipinski definition) is 12. The molecule has 130 valence electrons. The van der Waals surface area contributed by atoms with Gasteiger partial charge in [0.2, 0.25) is 17.8 Å². The van der Waals surface area contributed by atoms with Crippen LogP contribution in [0, 0.1) is 30.3 Å². The Bertz CT molecular complexity index is 880. The van der Waals surface area contributed by atoms with Gasteiger partial charge in [0.25, 0.3) is 6.33 Å². The number of nitrogens with two attached hydrogens (primary N) is 1. The van der Waals surface area contributed by atoms with Gasteiger partial charge in [-0.05, 0) is 20.1 Å². The van der Waals surface area contributed by atoms with E-state index in [9.17, 15) is 30.3 Å². The van der Waals surface area contributed by atoms with E-state index in [1.54, 1.807) is 6.33 Å². The van der Waals surface area contributed by atoms with E-state index >= 15 is 0 Å². The fraction of sp³-hybridized carbons (Fsp3) is 0. The van der Waals surface area contributed by atoms with Crippen LogP contribution >= 0.6 is 0 Å². The van der Waals surface area contributed by atoms with Crippen LogP contribution in [0.5, 0.6) is 0 Å². The lowest BCUT2D eigenvalue weighted by Crippen LogP contribution is -2.41. The van der Waals surface area contributed by atoms with E-state index in [2.05, 4.69) is 35.3 Å². The first-order valence-electron chi connectivity index (χ1n) is 5.77. The average molecular weight is 355 g/mol. The van der Waals surface area contributed by atoms with Gasteiger partial charge >= 0.3 is 11.6 Å². The van der Waals surface area contributed by atoms with Gasteiger partial charge in [-0.3, -0.25) is 5.84 Å². The molecule has 18 nitrogen and oxygen atoms in total. The summed E-state index contributed by atoms with van der Waals surface area (Å²) in [6.45, 7) is 0. The highest BCUT2D eigenvalue weighted by Gasteiger charge is 2.37. The van der Waals surface area contributed by atoms with Crippen LogP contribution < -0.4 is 15.6 Å². The van der Waals surface area contributed by atoms with Gasteiger partial charge in [-0.25, -0.2) is 0 Å². The van der Waals surface area contributed by atoms with Gasteiger partial charge in [-0.15, -0.1) is 14.4 Å². The highest BCUT2D eigenvalue weighted by atomic mass is 16.6. The van der Waals surface area contributed by atoms with Crippen LogP contribution in [0.25, 0.3) is 11.3 Å². The monoisotopic (exact) mass is 355 g/mol. The number of aromatic nitrogens is 7. The highest BCUT2D eigenvalue weighted by Crippen LogP contribution is 2.37.